The SMILES string of the molecule is COC(=O)[C@H]1C[C@H](OCc2ccccc2)CN1. The van der Waals surface area contributed by atoms with Crippen LogP contribution >= 0.6 is 0 Å². The van der Waals surface area contributed by atoms with E-state index in [-0.39, 0.29) is 18.1 Å². The summed E-state index contributed by atoms with van der Waals surface area (Å²) in [5.41, 5.74) is 1.15. The van der Waals surface area contributed by atoms with E-state index in [4.69, 9.17) is 4.74 Å². The van der Waals surface area contributed by atoms with E-state index in [2.05, 4.69) is 10.1 Å². The molecule has 0 amide bonds. The van der Waals surface area contributed by atoms with E-state index in [0.717, 1.165) is 5.56 Å². The number of carbonyl (C=O) groups excluding carboxylic acids is 1. The number of ether oxygens (including phenoxy) is 2. The largest absolute Gasteiger partial charge is 0.468 e. The van der Waals surface area contributed by atoms with Crippen molar-refractivity contribution in [3.05, 3.63) is 35.9 Å². The number of carbonyl (C=O) groups is 1. The van der Waals surface area contributed by atoms with Gasteiger partial charge in [-0.05, 0) is 5.56 Å². The lowest BCUT2D eigenvalue weighted by Gasteiger charge is -2.10. The maximum atomic E-state index is 11.3. The van der Waals surface area contributed by atoms with E-state index in [0.29, 0.717) is 19.6 Å². The van der Waals surface area contributed by atoms with Crippen LogP contribution in [0.25, 0.3) is 0 Å². The Hall–Kier alpha value is -1.39. The number of benzene rings is 1. The van der Waals surface area contributed by atoms with Crippen molar-refractivity contribution in [3.63, 3.8) is 0 Å². The van der Waals surface area contributed by atoms with Crippen LogP contribution in [0.3, 0.4) is 0 Å². The second-order valence-electron chi connectivity index (χ2n) is 4.14. The van der Waals surface area contributed by atoms with Gasteiger partial charge in [0, 0.05) is 13.0 Å². The van der Waals surface area contributed by atoms with E-state index in [9.17, 15) is 4.79 Å². The number of rotatable bonds is 4. The van der Waals surface area contributed by atoms with Crippen LogP contribution in [0.15, 0.2) is 30.3 Å². The lowest BCUT2D eigenvalue weighted by molar-refractivity contribution is -0.142. The van der Waals surface area contributed by atoms with E-state index < -0.39 is 0 Å². The maximum Gasteiger partial charge on any atom is 0.322 e. The van der Waals surface area contributed by atoms with Crippen molar-refractivity contribution in [3.8, 4) is 0 Å². The molecule has 0 spiro atoms. The Morgan fingerprint density at radius 1 is 1.41 bits per heavy atom. The quantitative estimate of drug-likeness (QED) is 0.794. The molecule has 1 aliphatic rings. The van der Waals surface area contributed by atoms with Crippen LogP contribution in [-0.2, 0) is 20.9 Å². The molecule has 1 heterocycles. The first-order chi connectivity index (χ1) is 8.29. The summed E-state index contributed by atoms with van der Waals surface area (Å²) in [5, 5.41) is 3.09. The number of hydrogen-bond acceptors (Lipinski definition) is 4. The summed E-state index contributed by atoms with van der Waals surface area (Å²) in [4.78, 5) is 11.3. The zero-order valence-electron chi connectivity index (χ0n) is 9.89. The Labute approximate surface area is 101 Å². The summed E-state index contributed by atoms with van der Waals surface area (Å²) in [6, 6.07) is 9.79. The molecule has 0 aromatic heterocycles. The van der Waals surface area contributed by atoms with Gasteiger partial charge in [0.15, 0.2) is 0 Å². The van der Waals surface area contributed by atoms with Gasteiger partial charge in [0.25, 0.3) is 0 Å². The highest BCUT2D eigenvalue weighted by molar-refractivity contribution is 5.76. The zero-order valence-corrected chi connectivity index (χ0v) is 9.89. The highest BCUT2D eigenvalue weighted by Crippen LogP contribution is 2.13. The molecular weight excluding hydrogens is 218 g/mol. The number of esters is 1. The van der Waals surface area contributed by atoms with Crippen molar-refractivity contribution < 1.29 is 14.3 Å². The molecule has 2 rings (SSSR count). The molecule has 92 valence electrons. The fourth-order valence-corrected chi connectivity index (χ4v) is 1.94. The number of methoxy groups -OCH3 is 1. The summed E-state index contributed by atoms with van der Waals surface area (Å²) in [6.07, 6.45) is 0.763. The predicted molar refractivity (Wildman–Crippen MR) is 63.4 cm³/mol. The van der Waals surface area contributed by atoms with Gasteiger partial charge < -0.3 is 14.8 Å². The standard InChI is InChI=1S/C13H17NO3/c1-16-13(15)12-7-11(8-14-12)17-9-10-5-3-2-4-6-10/h2-6,11-12,14H,7-9H2,1H3/t11-,12+/m0/s1. The Bertz CT molecular complexity index is 366. The van der Waals surface area contributed by atoms with Gasteiger partial charge in [-0.3, -0.25) is 4.79 Å². The molecule has 1 aromatic carbocycles. The molecule has 0 saturated carbocycles. The highest BCUT2D eigenvalue weighted by Gasteiger charge is 2.30. The van der Waals surface area contributed by atoms with Gasteiger partial charge in [-0.15, -0.1) is 0 Å². The average molecular weight is 235 g/mol. The van der Waals surface area contributed by atoms with E-state index in [1.54, 1.807) is 0 Å². The Balaban J connectivity index is 1.77. The molecular formula is C13H17NO3. The van der Waals surface area contributed by atoms with Crippen molar-refractivity contribution in [1.82, 2.24) is 5.32 Å². The Morgan fingerprint density at radius 3 is 2.88 bits per heavy atom. The minimum atomic E-state index is -0.222. The summed E-state index contributed by atoms with van der Waals surface area (Å²) >= 11 is 0. The van der Waals surface area contributed by atoms with Crippen molar-refractivity contribution in [2.75, 3.05) is 13.7 Å². The van der Waals surface area contributed by atoms with Crippen LogP contribution in [0, 0.1) is 0 Å². The van der Waals surface area contributed by atoms with Crippen LogP contribution in [0.5, 0.6) is 0 Å². The van der Waals surface area contributed by atoms with Crippen LogP contribution in [0.2, 0.25) is 0 Å². The molecule has 1 aromatic rings. The monoisotopic (exact) mass is 235 g/mol. The van der Waals surface area contributed by atoms with Gasteiger partial charge in [0.05, 0.1) is 19.8 Å². The van der Waals surface area contributed by atoms with Crippen LogP contribution in [0.1, 0.15) is 12.0 Å². The maximum absolute atomic E-state index is 11.3. The first kappa shape index (κ1) is 12.1. The second kappa shape index (κ2) is 5.80. The van der Waals surface area contributed by atoms with Gasteiger partial charge in [0.1, 0.15) is 6.04 Å². The van der Waals surface area contributed by atoms with Crippen molar-refractivity contribution >= 4 is 5.97 Å². The molecule has 17 heavy (non-hydrogen) atoms. The van der Waals surface area contributed by atoms with Crippen molar-refractivity contribution in [1.29, 1.82) is 0 Å². The second-order valence-corrected chi connectivity index (χ2v) is 4.14. The molecule has 1 saturated heterocycles. The van der Waals surface area contributed by atoms with Crippen LogP contribution < -0.4 is 5.32 Å². The van der Waals surface area contributed by atoms with E-state index in [1.165, 1.54) is 7.11 Å². The molecule has 4 nitrogen and oxygen atoms in total. The Morgan fingerprint density at radius 2 is 2.18 bits per heavy atom. The van der Waals surface area contributed by atoms with Gasteiger partial charge in [-0.25, -0.2) is 0 Å². The van der Waals surface area contributed by atoms with E-state index in [1.807, 2.05) is 30.3 Å². The molecule has 0 aliphatic carbocycles. The third kappa shape index (κ3) is 3.28. The zero-order chi connectivity index (χ0) is 12.1. The van der Waals surface area contributed by atoms with Gasteiger partial charge >= 0.3 is 5.97 Å². The fourth-order valence-electron chi connectivity index (χ4n) is 1.94. The first-order valence-corrected chi connectivity index (χ1v) is 5.76. The summed E-state index contributed by atoms with van der Waals surface area (Å²) in [5.74, 6) is -0.212. The number of hydrogen-bond donors (Lipinski definition) is 1. The minimum Gasteiger partial charge on any atom is -0.468 e. The molecule has 0 bridgehead atoms. The van der Waals surface area contributed by atoms with E-state index >= 15 is 0 Å². The van der Waals surface area contributed by atoms with Crippen molar-refractivity contribution in [2.45, 2.75) is 25.2 Å². The third-order valence-corrected chi connectivity index (χ3v) is 2.90. The molecule has 4 heteroatoms. The first-order valence-electron chi connectivity index (χ1n) is 5.76. The van der Waals surface area contributed by atoms with Crippen LogP contribution in [0.4, 0.5) is 0 Å². The molecule has 1 aliphatic heterocycles. The molecule has 0 radical (unpaired) electrons. The Kier molecular flexibility index (Phi) is 4.12. The minimum absolute atomic E-state index is 0.0827. The van der Waals surface area contributed by atoms with Gasteiger partial charge in [-0.2, -0.15) is 0 Å². The normalized spacial score (nSPS) is 23.6. The highest BCUT2D eigenvalue weighted by atomic mass is 16.5. The lowest BCUT2D eigenvalue weighted by Crippen LogP contribution is -2.31. The summed E-state index contributed by atoms with van der Waals surface area (Å²) < 4.78 is 10.4. The van der Waals surface area contributed by atoms with Crippen LogP contribution in [-0.4, -0.2) is 31.8 Å². The summed E-state index contributed by atoms with van der Waals surface area (Å²) in [6.45, 7) is 1.29. The van der Waals surface area contributed by atoms with Crippen molar-refractivity contribution in [2.24, 2.45) is 0 Å². The lowest BCUT2D eigenvalue weighted by atomic mass is 10.2. The average Bonchev–Trinajstić information content (AvgIpc) is 2.85. The predicted octanol–water partition coefficient (Wildman–Crippen LogP) is 1.11. The smallest absolute Gasteiger partial charge is 0.322 e. The third-order valence-electron chi connectivity index (χ3n) is 2.90. The molecule has 2 atom stereocenters. The number of nitrogens with one attached hydrogen (secondary N) is 1. The molecule has 1 N–H and O–H groups in total. The summed E-state index contributed by atoms with van der Waals surface area (Å²) in [7, 11) is 1.40. The van der Waals surface area contributed by atoms with Gasteiger partial charge in [0.2, 0.25) is 0 Å². The molecule has 1 fully saturated rings. The molecule has 0 unspecified atom stereocenters. The topological polar surface area (TPSA) is 47.6 Å². The fraction of sp³-hybridized carbons (Fsp3) is 0.462. The van der Waals surface area contributed by atoms with Gasteiger partial charge in [-0.1, -0.05) is 30.3 Å².